The van der Waals surface area contributed by atoms with E-state index in [2.05, 4.69) is 0 Å². The number of hydrogen-bond acceptors (Lipinski definition) is 4. The minimum Gasteiger partial charge on any atom is -0.495 e. The maximum Gasteiger partial charge on any atom is 0.179 e. The van der Waals surface area contributed by atoms with Gasteiger partial charge in [-0.15, -0.1) is 0 Å². The van der Waals surface area contributed by atoms with E-state index in [-0.39, 0.29) is 4.90 Å². The Morgan fingerprint density at radius 1 is 1.40 bits per heavy atom. The molecule has 0 amide bonds. The zero-order chi connectivity index (χ0) is 11.6. The lowest BCUT2D eigenvalue weighted by atomic mass is 10.1. The van der Waals surface area contributed by atoms with Crippen molar-refractivity contribution < 1.29 is 18.3 Å². The first-order chi connectivity index (χ1) is 6.86. The number of aliphatic hydroxyl groups is 1. The Hall–Kier alpha value is -1.07. The van der Waals surface area contributed by atoms with Crippen molar-refractivity contribution in [3.8, 4) is 5.75 Å². The largest absolute Gasteiger partial charge is 0.495 e. The molecule has 0 heterocycles. The van der Waals surface area contributed by atoms with Gasteiger partial charge in [-0.1, -0.05) is 6.07 Å². The van der Waals surface area contributed by atoms with E-state index in [4.69, 9.17) is 4.74 Å². The third-order valence-corrected chi connectivity index (χ3v) is 3.19. The SMILES string of the molecule is COc1ccc(C(C)O)cc1S(C)(=O)=O. The molecular formula is C10H14O4S. The summed E-state index contributed by atoms with van der Waals surface area (Å²) in [6.45, 7) is 1.58. The number of benzene rings is 1. The predicted molar refractivity (Wildman–Crippen MR) is 56.7 cm³/mol. The minimum absolute atomic E-state index is 0.100. The highest BCUT2D eigenvalue weighted by molar-refractivity contribution is 7.90. The van der Waals surface area contributed by atoms with E-state index in [1.165, 1.54) is 13.2 Å². The van der Waals surface area contributed by atoms with Gasteiger partial charge < -0.3 is 9.84 Å². The number of hydrogen-bond donors (Lipinski definition) is 1. The first kappa shape index (κ1) is 12.0. The van der Waals surface area contributed by atoms with Crippen LogP contribution in [-0.2, 0) is 9.84 Å². The number of methoxy groups -OCH3 is 1. The monoisotopic (exact) mass is 230 g/mol. The number of sulfone groups is 1. The van der Waals surface area contributed by atoms with E-state index < -0.39 is 15.9 Å². The highest BCUT2D eigenvalue weighted by atomic mass is 32.2. The molecule has 0 saturated heterocycles. The van der Waals surface area contributed by atoms with Gasteiger partial charge in [-0.05, 0) is 24.6 Å². The van der Waals surface area contributed by atoms with Crippen LogP contribution < -0.4 is 4.74 Å². The first-order valence-electron chi connectivity index (χ1n) is 4.42. The van der Waals surface area contributed by atoms with Gasteiger partial charge in [0.15, 0.2) is 9.84 Å². The molecule has 1 aromatic rings. The average Bonchev–Trinajstić information content (AvgIpc) is 2.15. The standard InChI is InChI=1S/C10H14O4S/c1-7(11)8-4-5-9(14-2)10(6-8)15(3,12)13/h4-7,11H,1-3H3. The maximum atomic E-state index is 11.4. The van der Waals surface area contributed by atoms with Crippen molar-refractivity contribution >= 4 is 9.84 Å². The van der Waals surface area contributed by atoms with E-state index in [1.54, 1.807) is 19.1 Å². The predicted octanol–water partition coefficient (Wildman–Crippen LogP) is 1.15. The Kier molecular flexibility index (Phi) is 3.36. The summed E-state index contributed by atoms with van der Waals surface area (Å²) in [7, 11) is -1.93. The second-order valence-electron chi connectivity index (χ2n) is 3.36. The first-order valence-corrected chi connectivity index (χ1v) is 6.31. The molecule has 0 bridgehead atoms. The van der Waals surface area contributed by atoms with Crippen LogP contribution in [0.3, 0.4) is 0 Å². The van der Waals surface area contributed by atoms with E-state index in [0.29, 0.717) is 11.3 Å². The lowest BCUT2D eigenvalue weighted by Crippen LogP contribution is -2.03. The van der Waals surface area contributed by atoms with Crippen LogP contribution >= 0.6 is 0 Å². The molecule has 0 saturated carbocycles. The van der Waals surface area contributed by atoms with Gasteiger partial charge in [0, 0.05) is 6.26 Å². The van der Waals surface area contributed by atoms with Gasteiger partial charge in [-0.25, -0.2) is 8.42 Å². The van der Waals surface area contributed by atoms with Crippen molar-refractivity contribution in [1.82, 2.24) is 0 Å². The minimum atomic E-state index is -3.34. The fourth-order valence-corrected chi connectivity index (χ4v) is 2.11. The van der Waals surface area contributed by atoms with Crippen molar-refractivity contribution in [1.29, 1.82) is 0 Å². The van der Waals surface area contributed by atoms with Crippen molar-refractivity contribution in [3.05, 3.63) is 23.8 Å². The topological polar surface area (TPSA) is 63.6 Å². The second-order valence-corrected chi connectivity index (χ2v) is 5.34. The van der Waals surface area contributed by atoms with Crippen molar-refractivity contribution in [2.45, 2.75) is 17.9 Å². The third-order valence-electron chi connectivity index (χ3n) is 2.07. The summed E-state index contributed by atoms with van der Waals surface area (Å²) in [5, 5.41) is 9.34. The smallest absolute Gasteiger partial charge is 0.179 e. The molecule has 0 aliphatic carbocycles. The summed E-state index contributed by atoms with van der Waals surface area (Å²) in [5.74, 6) is 0.293. The molecule has 1 rings (SSSR count). The zero-order valence-electron chi connectivity index (χ0n) is 8.89. The highest BCUT2D eigenvalue weighted by Crippen LogP contribution is 2.27. The summed E-state index contributed by atoms with van der Waals surface area (Å²) in [5.41, 5.74) is 0.552. The molecule has 1 atom stereocenters. The molecule has 1 N–H and O–H groups in total. The Labute approximate surface area is 89.4 Å². The van der Waals surface area contributed by atoms with Gasteiger partial charge in [0.05, 0.1) is 13.2 Å². The second kappa shape index (κ2) is 4.20. The van der Waals surface area contributed by atoms with Crippen LogP contribution in [0.5, 0.6) is 5.75 Å². The number of ether oxygens (including phenoxy) is 1. The number of aliphatic hydroxyl groups excluding tert-OH is 1. The van der Waals surface area contributed by atoms with Gasteiger partial charge in [-0.2, -0.15) is 0 Å². The Morgan fingerprint density at radius 3 is 2.40 bits per heavy atom. The molecule has 0 radical (unpaired) electrons. The molecule has 1 aromatic carbocycles. The molecule has 0 aromatic heterocycles. The van der Waals surface area contributed by atoms with Crippen LogP contribution in [0.25, 0.3) is 0 Å². The van der Waals surface area contributed by atoms with Crippen LogP contribution in [0, 0.1) is 0 Å². The van der Waals surface area contributed by atoms with Gasteiger partial charge in [-0.3, -0.25) is 0 Å². The Morgan fingerprint density at radius 2 is 2.00 bits per heavy atom. The van der Waals surface area contributed by atoms with Gasteiger partial charge in [0.2, 0.25) is 0 Å². The van der Waals surface area contributed by atoms with Crippen molar-refractivity contribution in [2.24, 2.45) is 0 Å². The zero-order valence-corrected chi connectivity index (χ0v) is 9.71. The molecule has 84 valence electrons. The Bertz CT molecular complexity index is 448. The van der Waals surface area contributed by atoms with Crippen LogP contribution in [0.4, 0.5) is 0 Å². The number of rotatable bonds is 3. The fraction of sp³-hybridized carbons (Fsp3) is 0.400. The van der Waals surface area contributed by atoms with Gasteiger partial charge in [0.1, 0.15) is 10.6 Å². The summed E-state index contributed by atoms with van der Waals surface area (Å²) in [6.07, 6.45) is 0.410. The van der Waals surface area contributed by atoms with E-state index in [1.807, 2.05) is 0 Å². The lowest BCUT2D eigenvalue weighted by Gasteiger charge is -2.10. The van der Waals surface area contributed by atoms with Crippen LogP contribution in [-0.4, -0.2) is 26.9 Å². The molecule has 0 aliphatic rings. The van der Waals surface area contributed by atoms with E-state index in [9.17, 15) is 13.5 Å². The van der Waals surface area contributed by atoms with Crippen LogP contribution in [0.15, 0.2) is 23.1 Å². The summed E-state index contributed by atoms with van der Waals surface area (Å²) in [6, 6.07) is 4.61. The molecular weight excluding hydrogens is 216 g/mol. The van der Waals surface area contributed by atoms with Crippen molar-refractivity contribution in [3.63, 3.8) is 0 Å². The molecule has 4 nitrogen and oxygen atoms in total. The normalized spacial score (nSPS) is 13.6. The van der Waals surface area contributed by atoms with Crippen molar-refractivity contribution in [2.75, 3.05) is 13.4 Å². The summed E-state index contributed by atoms with van der Waals surface area (Å²) >= 11 is 0. The third kappa shape index (κ3) is 2.70. The van der Waals surface area contributed by atoms with Crippen LogP contribution in [0.2, 0.25) is 0 Å². The van der Waals surface area contributed by atoms with Crippen LogP contribution in [0.1, 0.15) is 18.6 Å². The average molecular weight is 230 g/mol. The molecule has 0 aliphatic heterocycles. The molecule has 1 unspecified atom stereocenters. The fourth-order valence-electron chi connectivity index (χ4n) is 1.24. The highest BCUT2D eigenvalue weighted by Gasteiger charge is 2.15. The lowest BCUT2D eigenvalue weighted by molar-refractivity contribution is 0.199. The van der Waals surface area contributed by atoms with Gasteiger partial charge in [0.25, 0.3) is 0 Å². The van der Waals surface area contributed by atoms with E-state index >= 15 is 0 Å². The quantitative estimate of drug-likeness (QED) is 0.846. The Balaban J connectivity index is 3.39. The maximum absolute atomic E-state index is 11.4. The molecule has 5 heteroatoms. The van der Waals surface area contributed by atoms with E-state index in [0.717, 1.165) is 6.26 Å². The van der Waals surface area contributed by atoms with Gasteiger partial charge >= 0.3 is 0 Å². The molecule has 0 fully saturated rings. The summed E-state index contributed by atoms with van der Waals surface area (Å²) < 4.78 is 27.8. The molecule has 15 heavy (non-hydrogen) atoms. The summed E-state index contributed by atoms with van der Waals surface area (Å²) in [4.78, 5) is 0.100. The molecule has 0 spiro atoms.